The summed E-state index contributed by atoms with van der Waals surface area (Å²) >= 11 is 0. The van der Waals surface area contributed by atoms with Crippen molar-refractivity contribution < 1.29 is 0 Å². The van der Waals surface area contributed by atoms with E-state index >= 15 is 0 Å². The highest BCUT2D eigenvalue weighted by atomic mass is 14.1. The number of benzene rings is 1. The summed E-state index contributed by atoms with van der Waals surface area (Å²) in [5, 5.41) is 0. The largest absolute Gasteiger partial charge is 0.106 e. The lowest BCUT2D eigenvalue weighted by atomic mass is 9.95. The van der Waals surface area contributed by atoms with Crippen LogP contribution in [0.1, 0.15) is 26.3 Å². The highest BCUT2D eigenvalue weighted by molar-refractivity contribution is 5.49. The van der Waals surface area contributed by atoms with Crippen molar-refractivity contribution in [1.82, 2.24) is 0 Å². The van der Waals surface area contributed by atoms with Crippen molar-refractivity contribution in [3.05, 3.63) is 55.1 Å². The van der Waals surface area contributed by atoms with Gasteiger partial charge in [0.15, 0.2) is 0 Å². The fourth-order valence-electron chi connectivity index (χ4n) is 0.910. The molecule has 0 saturated heterocycles. The van der Waals surface area contributed by atoms with E-state index in [4.69, 9.17) is 0 Å². The summed E-state index contributed by atoms with van der Waals surface area (Å²) in [7, 11) is 0. The molecule has 0 N–H and O–H groups in total. The molecule has 0 aromatic heterocycles. The summed E-state index contributed by atoms with van der Waals surface area (Å²) in [6, 6.07) is 10.4. The molecular weight excluding hydrogens is 168 g/mol. The van der Waals surface area contributed by atoms with Gasteiger partial charge in [-0.3, -0.25) is 0 Å². The lowest BCUT2D eigenvalue weighted by Crippen LogP contribution is -1.97. The summed E-state index contributed by atoms with van der Waals surface area (Å²) in [5.41, 5.74) is 1.54. The lowest BCUT2D eigenvalue weighted by molar-refractivity contribution is 0.547. The zero-order valence-electron chi connectivity index (χ0n) is 9.46. The van der Waals surface area contributed by atoms with Crippen LogP contribution in [0, 0.1) is 5.41 Å². The van der Waals surface area contributed by atoms with E-state index in [2.05, 4.69) is 70.3 Å². The molecule has 0 saturated carbocycles. The number of rotatable bonds is 1. The Morgan fingerprint density at radius 2 is 1.50 bits per heavy atom. The monoisotopic (exact) mass is 188 g/mol. The molecule has 0 radical (unpaired) electrons. The predicted octanol–water partition coefficient (Wildman–Crippen LogP) is 4.55. The molecule has 0 heterocycles. The Bertz CT molecular complexity index is 262. The Kier molecular flexibility index (Phi) is 5.62. The van der Waals surface area contributed by atoms with Crippen molar-refractivity contribution in [2.75, 3.05) is 0 Å². The molecule has 0 fully saturated rings. The average molecular weight is 188 g/mol. The summed E-state index contributed by atoms with van der Waals surface area (Å²) < 4.78 is 0. The minimum atomic E-state index is 0.274. The molecule has 0 bridgehead atoms. The van der Waals surface area contributed by atoms with Gasteiger partial charge in [0, 0.05) is 0 Å². The van der Waals surface area contributed by atoms with Crippen LogP contribution in [0.25, 0.3) is 6.08 Å². The molecule has 0 heteroatoms. The van der Waals surface area contributed by atoms with E-state index in [1.54, 1.807) is 0 Å². The standard InChI is InChI=1S/C12H16.C2H4/c1-12(2,3)10-9-11-7-5-4-6-8-11;1-2/h4-10H,1-3H3;1-2H2. The fraction of sp³-hybridized carbons (Fsp3) is 0.286. The Hall–Kier alpha value is -1.30. The van der Waals surface area contributed by atoms with Crippen molar-refractivity contribution >= 4 is 6.08 Å². The summed E-state index contributed by atoms with van der Waals surface area (Å²) in [6.07, 6.45) is 4.39. The lowest BCUT2D eigenvalue weighted by Gasteiger charge is -2.10. The highest BCUT2D eigenvalue weighted by Gasteiger charge is 2.02. The Morgan fingerprint density at radius 3 is 1.93 bits per heavy atom. The molecule has 0 nitrogen and oxygen atoms in total. The smallest absolute Gasteiger partial charge is 0.0200 e. The van der Waals surface area contributed by atoms with Gasteiger partial charge in [0.1, 0.15) is 0 Å². The molecule has 0 aliphatic rings. The maximum Gasteiger partial charge on any atom is -0.0200 e. The van der Waals surface area contributed by atoms with E-state index < -0.39 is 0 Å². The normalized spacial score (nSPS) is 10.8. The molecule has 1 aromatic carbocycles. The third-order valence-electron chi connectivity index (χ3n) is 1.58. The van der Waals surface area contributed by atoms with Crippen LogP contribution < -0.4 is 0 Å². The first kappa shape index (κ1) is 12.7. The van der Waals surface area contributed by atoms with E-state index in [1.165, 1.54) is 5.56 Å². The Labute approximate surface area is 88.0 Å². The van der Waals surface area contributed by atoms with Gasteiger partial charge < -0.3 is 0 Å². The second kappa shape index (κ2) is 6.20. The zero-order chi connectivity index (χ0) is 11.0. The summed E-state index contributed by atoms with van der Waals surface area (Å²) in [5.74, 6) is 0. The van der Waals surface area contributed by atoms with Crippen LogP contribution in [0.5, 0.6) is 0 Å². The maximum atomic E-state index is 3.00. The van der Waals surface area contributed by atoms with E-state index in [0.717, 1.165) is 0 Å². The molecule has 0 aliphatic carbocycles. The number of allylic oxidation sites excluding steroid dienone is 1. The van der Waals surface area contributed by atoms with Crippen LogP contribution in [0.2, 0.25) is 0 Å². The van der Waals surface area contributed by atoms with Crippen LogP contribution in [0.4, 0.5) is 0 Å². The van der Waals surface area contributed by atoms with Crippen molar-refractivity contribution in [1.29, 1.82) is 0 Å². The molecular formula is C14H20. The van der Waals surface area contributed by atoms with Gasteiger partial charge in [-0.1, -0.05) is 63.3 Å². The quantitative estimate of drug-likeness (QED) is 0.567. The zero-order valence-corrected chi connectivity index (χ0v) is 9.46. The molecule has 0 spiro atoms. The molecule has 0 aliphatic heterocycles. The van der Waals surface area contributed by atoms with Gasteiger partial charge in [-0.25, -0.2) is 0 Å². The molecule has 0 unspecified atom stereocenters. The van der Waals surface area contributed by atoms with Crippen molar-refractivity contribution in [2.24, 2.45) is 5.41 Å². The van der Waals surface area contributed by atoms with Crippen LogP contribution in [-0.4, -0.2) is 0 Å². The van der Waals surface area contributed by atoms with E-state index in [1.807, 2.05) is 6.07 Å². The third-order valence-corrected chi connectivity index (χ3v) is 1.58. The Balaban J connectivity index is 0.000000791. The van der Waals surface area contributed by atoms with Crippen LogP contribution in [0.15, 0.2) is 49.6 Å². The first-order chi connectivity index (χ1) is 6.58. The number of hydrogen-bond donors (Lipinski definition) is 0. The van der Waals surface area contributed by atoms with Crippen molar-refractivity contribution in [3.8, 4) is 0 Å². The second-order valence-corrected chi connectivity index (χ2v) is 4.11. The minimum absolute atomic E-state index is 0.274. The first-order valence-electron chi connectivity index (χ1n) is 4.82. The Morgan fingerprint density at radius 1 is 1.00 bits per heavy atom. The summed E-state index contributed by atoms with van der Waals surface area (Å²) in [6.45, 7) is 12.6. The summed E-state index contributed by atoms with van der Waals surface area (Å²) in [4.78, 5) is 0. The van der Waals surface area contributed by atoms with Gasteiger partial charge in [0.05, 0.1) is 0 Å². The first-order valence-corrected chi connectivity index (χ1v) is 4.82. The van der Waals surface area contributed by atoms with E-state index in [9.17, 15) is 0 Å². The average Bonchev–Trinajstić information content (AvgIpc) is 2.19. The minimum Gasteiger partial charge on any atom is -0.106 e. The van der Waals surface area contributed by atoms with Crippen molar-refractivity contribution in [2.45, 2.75) is 20.8 Å². The molecule has 14 heavy (non-hydrogen) atoms. The third kappa shape index (κ3) is 6.24. The molecule has 1 rings (SSSR count). The fourth-order valence-corrected chi connectivity index (χ4v) is 0.910. The topological polar surface area (TPSA) is 0 Å². The molecule has 1 aromatic rings. The molecule has 76 valence electrons. The van der Waals surface area contributed by atoms with Crippen LogP contribution in [0.3, 0.4) is 0 Å². The van der Waals surface area contributed by atoms with Gasteiger partial charge in [0.25, 0.3) is 0 Å². The van der Waals surface area contributed by atoms with Gasteiger partial charge in [-0.15, -0.1) is 13.2 Å². The molecule has 0 amide bonds. The van der Waals surface area contributed by atoms with Gasteiger partial charge in [-0.2, -0.15) is 0 Å². The van der Waals surface area contributed by atoms with Crippen LogP contribution in [-0.2, 0) is 0 Å². The van der Waals surface area contributed by atoms with Gasteiger partial charge in [-0.05, 0) is 11.0 Å². The SMILES string of the molecule is C=C.CC(C)(C)C=Cc1ccccc1. The van der Waals surface area contributed by atoms with Gasteiger partial charge >= 0.3 is 0 Å². The second-order valence-electron chi connectivity index (χ2n) is 4.11. The molecule has 0 atom stereocenters. The van der Waals surface area contributed by atoms with E-state index in [0.29, 0.717) is 0 Å². The van der Waals surface area contributed by atoms with Crippen LogP contribution >= 0.6 is 0 Å². The van der Waals surface area contributed by atoms with Gasteiger partial charge in [0.2, 0.25) is 0 Å². The highest BCUT2D eigenvalue weighted by Crippen LogP contribution is 2.16. The van der Waals surface area contributed by atoms with E-state index in [-0.39, 0.29) is 5.41 Å². The number of hydrogen-bond acceptors (Lipinski definition) is 0. The maximum absolute atomic E-state index is 3.00. The van der Waals surface area contributed by atoms with Crippen molar-refractivity contribution in [3.63, 3.8) is 0 Å². The predicted molar refractivity (Wildman–Crippen MR) is 66.2 cm³/mol.